The molecule has 12 rings (SSSR count). The zero-order chi connectivity index (χ0) is 38.2. The molecule has 12 aromatic rings. The van der Waals surface area contributed by atoms with E-state index in [-0.39, 0.29) is 0 Å². The van der Waals surface area contributed by atoms with Crippen LogP contribution >= 0.6 is 34.0 Å². The minimum Gasteiger partial charge on any atom is -0.309 e. The molecule has 0 atom stereocenters. The Labute approximate surface area is 347 Å². The maximum absolute atomic E-state index is 2.44. The number of thiophene rings is 3. The minimum absolute atomic E-state index is 1.12. The lowest BCUT2D eigenvalue weighted by Gasteiger charge is -2.26. The lowest BCUT2D eigenvalue weighted by atomic mass is 9.98. The highest BCUT2D eigenvalue weighted by Gasteiger charge is 2.21. The van der Waals surface area contributed by atoms with E-state index in [0.717, 1.165) is 11.4 Å². The van der Waals surface area contributed by atoms with Crippen LogP contribution in [-0.4, -0.2) is 0 Å². The first kappa shape index (κ1) is 33.6. The summed E-state index contributed by atoms with van der Waals surface area (Å²) in [6.07, 6.45) is 0. The molecule has 0 aliphatic rings. The van der Waals surface area contributed by atoms with Crippen LogP contribution in [0.25, 0.3) is 93.9 Å². The fourth-order valence-electron chi connectivity index (χ4n) is 8.80. The van der Waals surface area contributed by atoms with Crippen molar-refractivity contribution in [1.29, 1.82) is 0 Å². The highest BCUT2D eigenvalue weighted by atomic mass is 32.1. The summed E-state index contributed by atoms with van der Waals surface area (Å²) in [5.41, 5.74) is 10.9. The Morgan fingerprint density at radius 3 is 1.59 bits per heavy atom. The average Bonchev–Trinajstić information content (AvgIpc) is 3.99. The molecule has 0 saturated heterocycles. The van der Waals surface area contributed by atoms with Gasteiger partial charge in [-0.1, -0.05) is 152 Å². The van der Waals surface area contributed by atoms with Gasteiger partial charge in [-0.25, -0.2) is 0 Å². The molecule has 272 valence electrons. The third-order valence-electron chi connectivity index (χ3n) is 11.5. The third kappa shape index (κ3) is 5.34. The van der Waals surface area contributed by atoms with Gasteiger partial charge in [0.2, 0.25) is 0 Å². The van der Waals surface area contributed by atoms with Gasteiger partial charge in [0.15, 0.2) is 0 Å². The molecule has 4 heteroatoms. The van der Waals surface area contributed by atoms with Gasteiger partial charge in [-0.05, 0) is 81.9 Å². The van der Waals surface area contributed by atoms with Gasteiger partial charge in [0, 0.05) is 67.2 Å². The third-order valence-corrected chi connectivity index (χ3v) is 15.1. The van der Waals surface area contributed by atoms with Crippen molar-refractivity contribution in [2.24, 2.45) is 0 Å². The quantitative estimate of drug-likeness (QED) is 0.162. The number of benzene rings is 9. The molecular formula is C54H33NS3. The predicted octanol–water partition coefficient (Wildman–Crippen LogP) is 17.3. The van der Waals surface area contributed by atoms with Crippen molar-refractivity contribution >= 4 is 112 Å². The highest BCUT2D eigenvalue weighted by Crippen LogP contribution is 2.49. The predicted molar refractivity (Wildman–Crippen MR) is 256 cm³/mol. The van der Waals surface area contributed by atoms with Crippen LogP contribution in [0.5, 0.6) is 0 Å². The molecule has 58 heavy (non-hydrogen) atoms. The summed E-state index contributed by atoms with van der Waals surface area (Å²) in [6.45, 7) is 0. The Morgan fingerprint density at radius 1 is 0.276 bits per heavy atom. The van der Waals surface area contributed by atoms with Crippen LogP contribution in [0.3, 0.4) is 0 Å². The van der Waals surface area contributed by atoms with Crippen LogP contribution in [0.15, 0.2) is 200 Å². The van der Waals surface area contributed by atoms with Crippen molar-refractivity contribution in [3.8, 4) is 33.4 Å². The maximum atomic E-state index is 2.44. The normalized spacial score (nSPS) is 11.8. The topological polar surface area (TPSA) is 3.24 Å². The summed E-state index contributed by atoms with van der Waals surface area (Å²) in [7, 11) is 0. The van der Waals surface area contributed by atoms with Crippen molar-refractivity contribution < 1.29 is 0 Å². The van der Waals surface area contributed by atoms with Gasteiger partial charge < -0.3 is 4.90 Å². The van der Waals surface area contributed by atoms with Crippen LogP contribution in [0.2, 0.25) is 0 Å². The summed E-state index contributed by atoms with van der Waals surface area (Å²) in [4.78, 5) is 2.44. The van der Waals surface area contributed by atoms with E-state index in [2.05, 4.69) is 205 Å². The van der Waals surface area contributed by atoms with Gasteiger partial charge >= 0.3 is 0 Å². The van der Waals surface area contributed by atoms with Crippen molar-refractivity contribution in [3.63, 3.8) is 0 Å². The second-order valence-corrected chi connectivity index (χ2v) is 18.0. The fourth-order valence-corrected chi connectivity index (χ4v) is 12.6. The molecule has 0 fully saturated rings. The SMILES string of the molecule is c1ccc(-c2ccc(N(c3ccc(-c4cccc5sc6ccc7c8ccccc8sc7c6c45)cc3)c3cccc4c3sc3c(-c5ccccc5)cccc34)cc2)cc1. The van der Waals surface area contributed by atoms with Gasteiger partial charge in [0.05, 0.1) is 10.4 Å². The standard InChI is InChI=1S/C54H33NS3/c1-3-12-34(13-4-1)35-24-28-38(29-25-35)55(46-21-10-20-44-43-19-9-18-41(52(43)58-53(44)46)36-14-5-2-6-15-36)39-30-26-37(27-31-39)40-17-11-23-48-50(40)51-49(56-48)33-32-45-42-16-7-8-22-47(42)57-54(45)51/h1-33H. The molecule has 0 spiro atoms. The number of anilines is 3. The molecule has 0 unspecified atom stereocenters. The summed E-state index contributed by atoms with van der Waals surface area (Å²) < 4.78 is 7.98. The second-order valence-electron chi connectivity index (χ2n) is 14.8. The monoisotopic (exact) mass is 791 g/mol. The van der Waals surface area contributed by atoms with Crippen molar-refractivity contribution in [3.05, 3.63) is 200 Å². The Balaban J connectivity index is 1.03. The first-order valence-corrected chi connectivity index (χ1v) is 22.0. The van der Waals surface area contributed by atoms with E-state index in [0.29, 0.717) is 0 Å². The van der Waals surface area contributed by atoms with E-state index in [4.69, 9.17) is 0 Å². The van der Waals surface area contributed by atoms with Gasteiger partial charge in [0.25, 0.3) is 0 Å². The Hall–Kier alpha value is -6.56. The minimum atomic E-state index is 1.12. The first-order valence-electron chi connectivity index (χ1n) is 19.6. The van der Waals surface area contributed by atoms with Crippen LogP contribution in [0.4, 0.5) is 17.1 Å². The van der Waals surface area contributed by atoms with Crippen LogP contribution < -0.4 is 4.90 Å². The van der Waals surface area contributed by atoms with E-state index < -0.39 is 0 Å². The average molecular weight is 792 g/mol. The molecule has 0 aliphatic heterocycles. The lowest BCUT2D eigenvalue weighted by molar-refractivity contribution is 1.30. The summed E-state index contributed by atoms with van der Waals surface area (Å²) in [5, 5.41) is 7.99. The van der Waals surface area contributed by atoms with E-state index in [1.165, 1.54) is 99.6 Å². The second kappa shape index (κ2) is 13.5. The largest absolute Gasteiger partial charge is 0.309 e. The molecule has 0 N–H and O–H groups in total. The summed E-state index contributed by atoms with van der Waals surface area (Å²) in [5.74, 6) is 0. The molecule has 0 aliphatic carbocycles. The van der Waals surface area contributed by atoms with E-state index in [1.54, 1.807) is 0 Å². The van der Waals surface area contributed by atoms with Crippen LogP contribution in [0.1, 0.15) is 0 Å². The first-order chi connectivity index (χ1) is 28.8. The van der Waals surface area contributed by atoms with Crippen LogP contribution in [0, 0.1) is 0 Å². The zero-order valence-corrected chi connectivity index (χ0v) is 33.7. The van der Waals surface area contributed by atoms with E-state index >= 15 is 0 Å². The van der Waals surface area contributed by atoms with Crippen molar-refractivity contribution in [1.82, 2.24) is 0 Å². The van der Waals surface area contributed by atoms with Crippen molar-refractivity contribution in [2.45, 2.75) is 0 Å². The van der Waals surface area contributed by atoms with Crippen LogP contribution in [-0.2, 0) is 0 Å². The highest BCUT2D eigenvalue weighted by molar-refractivity contribution is 7.30. The number of rotatable bonds is 6. The van der Waals surface area contributed by atoms with E-state index in [1.807, 2.05) is 34.0 Å². The molecule has 1 nitrogen and oxygen atoms in total. The van der Waals surface area contributed by atoms with Crippen molar-refractivity contribution in [2.75, 3.05) is 4.90 Å². The molecule has 3 heterocycles. The molecule has 0 amide bonds. The number of hydrogen-bond acceptors (Lipinski definition) is 4. The Bertz CT molecular complexity index is 3480. The molecule has 9 aromatic carbocycles. The molecule has 0 radical (unpaired) electrons. The fraction of sp³-hybridized carbons (Fsp3) is 0. The summed E-state index contributed by atoms with van der Waals surface area (Å²) >= 11 is 5.71. The Morgan fingerprint density at radius 2 is 0.810 bits per heavy atom. The van der Waals surface area contributed by atoms with Gasteiger partial charge in [-0.3, -0.25) is 0 Å². The van der Waals surface area contributed by atoms with Gasteiger partial charge in [0.1, 0.15) is 0 Å². The lowest BCUT2D eigenvalue weighted by Crippen LogP contribution is -2.10. The van der Waals surface area contributed by atoms with Gasteiger partial charge in [-0.15, -0.1) is 34.0 Å². The molecule has 0 saturated carbocycles. The molecular weight excluding hydrogens is 759 g/mol. The van der Waals surface area contributed by atoms with Gasteiger partial charge in [-0.2, -0.15) is 0 Å². The number of hydrogen-bond donors (Lipinski definition) is 0. The zero-order valence-electron chi connectivity index (χ0n) is 31.2. The Kier molecular flexibility index (Phi) is 7.83. The maximum Gasteiger partial charge on any atom is 0.0640 e. The molecule has 0 bridgehead atoms. The smallest absolute Gasteiger partial charge is 0.0640 e. The number of fused-ring (bicyclic) bond motifs is 10. The number of nitrogens with zero attached hydrogens (tertiary/aromatic N) is 1. The summed E-state index contributed by atoms with van der Waals surface area (Å²) in [6, 6.07) is 73.5. The van der Waals surface area contributed by atoms with E-state index in [9.17, 15) is 0 Å². The molecule has 3 aromatic heterocycles.